The van der Waals surface area contributed by atoms with E-state index in [1.807, 2.05) is 0 Å². The van der Waals surface area contributed by atoms with Gasteiger partial charge in [0.1, 0.15) is 5.69 Å². The molecule has 1 amide bonds. The van der Waals surface area contributed by atoms with E-state index in [2.05, 4.69) is 10.3 Å². The van der Waals surface area contributed by atoms with E-state index in [4.69, 9.17) is 5.11 Å². The smallest absolute Gasteiger partial charge is 0.287 e. The number of carbonyl (C=O) groups is 1. The van der Waals surface area contributed by atoms with Crippen LogP contribution >= 0.6 is 0 Å². The van der Waals surface area contributed by atoms with Crippen LogP contribution in [-0.4, -0.2) is 33.1 Å². The third-order valence-electron chi connectivity index (χ3n) is 2.20. The number of hydrogen-bond donors (Lipinski definition) is 3. The van der Waals surface area contributed by atoms with Crippen molar-refractivity contribution in [2.75, 3.05) is 0 Å². The second kappa shape index (κ2) is 5.44. The maximum atomic E-state index is 11.6. The number of nitro groups is 1. The van der Waals surface area contributed by atoms with Crippen LogP contribution in [0.5, 0.6) is 0 Å². The van der Waals surface area contributed by atoms with Crippen LogP contribution in [0.3, 0.4) is 0 Å². The fourth-order valence-corrected chi connectivity index (χ4v) is 1.49. The number of H-pyrrole nitrogens is 1. The van der Waals surface area contributed by atoms with E-state index in [0.29, 0.717) is 6.42 Å². The zero-order valence-corrected chi connectivity index (χ0v) is 9.64. The number of nitrogens with zero attached hydrogens (tertiary/aromatic N) is 1. The van der Waals surface area contributed by atoms with Gasteiger partial charge in [0.05, 0.1) is 17.2 Å². The molecule has 0 saturated carbocycles. The standard InChI is InChI=1S/C10H15N3O4/c1-6(3-7(2)14)12-10(15)9-4-8(5-11-9)13(16)17/h4-7,11,14H,3H2,1-2H3,(H,12,15). The van der Waals surface area contributed by atoms with Gasteiger partial charge >= 0.3 is 0 Å². The average molecular weight is 241 g/mol. The molecule has 2 unspecified atom stereocenters. The summed E-state index contributed by atoms with van der Waals surface area (Å²) in [6.07, 6.45) is 1.08. The predicted octanol–water partition coefficient (Wildman–Crippen LogP) is 0.812. The molecule has 0 aliphatic heterocycles. The van der Waals surface area contributed by atoms with Gasteiger partial charge in [-0.05, 0) is 20.3 Å². The van der Waals surface area contributed by atoms with Gasteiger partial charge in [-0.25, -0.2) is 0 Å². The van der Waals surface area contributed by atoms with Gasteiger partial charge < -0.3 is 15.4 Å². The minimum absolute atomic E-state index is 0.133. The molecule has 7 heteroatoms. The van der Waals surface area contributed by atoms with Crippen LogP contribution in [0.15, 0.2) is 12.3 Å². The molecule has 0 aliphatic rings. The highest BCUT2D eigenvalue weighted by atomic mass is 16.6. The van der Waals surface area contributed by atoms with Crippen LogP contribution in [0.25, 0.3) is 0 Å². The molecule has 0 spiro atoms. The SMILES string of the molecule is CC(O)CC(C)NC(=O)c1cc([N+](=O)[O-])c[nH]1. The number of aliphatic hydroxyl groups excluding tert-OH is 1. The minimum Gasteiger partial charge on any atom is -0.393 e. The number of amides is 1. The highest BCUT2D eigenvalue weighted by Gasteiger charge is 2.16. The Labute approximate surface area is 98.0 Å². The Bertz CT molecular complexity index is 413. The van der Waals surface area contributed by atoms with Gasteiger partial charge in [-0.3, -0.25) is 14.9 Å². The van der Waals surface area contributed by atoms with Gasteiger partial charge in [0.2, 0.25) is 0 Å². The van der Waals surface area contributed by atoms with Crippen molar-refractivity contribution in [3.63, 3.8) is 0 Å². The lowest BCUT2D eigenvalue weighted by atomic mass is 10.1. The van der Waals surface area contributed by atoms with Gasteiger partial charge in [-0.2, -0.15) is 0 Å². The number of aromatic nitrogens is 1. The fraction of sp³-hybridized carbons (Fsp3) is 0.500. The summed E-state index contributed by atoms with van der Waals surface area (Å²) >= 11 is 0. The highest BCUT2D eigenvalue weighted by Crippen LogP contribution is 2.12. The van der Waals surface area contributed by atoms with E-state index < -0.39 is 16.9 Å². The first-order chi connectivity index (χ1) is 7.90. The van der Waals surface area contributed by atoms with Gasteiger partial charge in [-0.15, -0.1) is 0 Å². The van der Waals surface area contributed by atoms with E-state index in [9.17, 15) is 14.9 Å². The van der Waals surface area contributed by atoms with Crippen LogP contribution in [-0.2, 0) is 0 Å². The molecule has 94 valence electrons. The molecule has 1 heterocycles. The molecule has 7 nitrogen and oxygen atoms in total. The van der Waals surface area contributed by atoms with Gasteiger partial charge in [0.25, 0.3) is 11.6 Å². The van der Waals surface area contributed by atoms with E-state index in [0.717, 1.165) is 6.20 Å². The van der Waals surface area contributed by atoms with Crippen molar-refractivity contribution in [1.29, 1.82) is 0 Å². The van der Waals surface area contributed by atoms with Gasteiger partial charge in [0.15, 0.2) is 0 Å². The Morgan fingerprint density at radius 1 is 1.65 bits per heavy atom. The van der Waals surface area contributed by atoms with E-state index in [1.54, 1.807) is 13.8 Å². The Balaban J connectivity index is 2.60. The molecular weight excluding hydrogens is 226 g/mol. The van der Waals surface area contributed by atoms with Gasteiger partial charge in [-0.1, -0.05) is 0 Å². The Morgan fingerprint density at radius 3 is 2.76 bits per heavy atom. The van der Waals surface area contributed by atoms with Crippen LogP contribution in [0, 0.1) is 10.1 Å². The summed E-state index contributed by atoms with van der Waals surface area (Å²) in [5.41, 5.74) is -0.0209. The van der Waals surface area contributed by atoms with Crippen molar-refractivity contribution in [2.45, 2.75) is 32.4 Å². The summed E-state index contributed by atoms with van der Waals surface area (Å²) in [5, 5.41) is 22.2. The molecule has 1 aromatic rings. The van der Waals surface area contributed by atoms with E-state index in [-0.39, 0.29) is 17.4 Å². The van der Waals surface area contributed by atoms with Crippen LogP contribution in [0.2, 0.25) is 0 Å². The minimum atomic E-state index is -0.577. The zero-order valence-electron chi connectivity index (χ0n) is 9.64. The summed E-state index contributed by atoms with van der Waals surface area (Å²) in [4.78, 5) is 24.0. The zero-order chi connectivity index (χ0) is 13.0. The number of rotatable bonds is 5. The molecule has 1 rings (SSSR count). The summed E-state index contributed by atoms with van der Waals surface area (Å²) < 4.78 is 0. The molecule has 0 fully saturated rings. The number of carbonyl (C=O) groups excluding carboxylic acids is 1. The first-order valence-corrected chi connectivity index (χ1v) is 5.22. The molecule has 17 heavy (non-hydrogen) atoms. The second-order valence-corrected chi connectivity index (χ2v) is 3.99. The van der Waals surface area contributed by atoms with Crippen molar-refractivity contribution in [1.82, 2.24) is 10.3 Å². The third-order valence-corrected chi connectivity index (χ3v) is 2.20. The lowest BCUT2D eigenvalue weighted by Gasteiger charge is -2.14. The Hall–Kier alpha value is -1.89. The molecule has 1 aromatic heterocycles. The monoisotopic (exact) mass is 241 g/mol. The maximum absolute atomic E-state index is 11.6. The van der Waals surface area contributed by atoms with Crippen molar-refractivity contribution in [3.8, 4) is 0 Å². The fourth-order valence-electron chi connectivity index (χ4n) is 1.49. The number of aromatic amines is 1. The Morgan fingerprint density at radius 2 is 2.29 bits per heavy atom. The van der Waals surface area contributed by atoms with Gasteiger partial charge in [0, 0.05) is 12.1 Å². The number of nitrogens with one attached hydrogen (secondary N) is 2. The van der Waals surface area contributed by atoms with Crippen molar-refractivity contribution in [3.05, 3.63) is 28.1 Å². The van der Waals surface area contributed by atoms with Crippen LogP contribution in [0.1, 0.15) is 30.8 Å². The number of hydrogen-bond acceptors (Lipinski definition) is 4. The summed E-state index contributed by atoms with van der Waals surface area (Å²) in [6.45, 7) is 3.38. The molecule has 3 N–H and O–H groups in total. The molecule has 0 saturated heterocycles. The lowest BCUT2D eigenvalue weighted by molar-refractivity contribution is -0.384. The first-order valence-electron chi connectivity index (χ1n) is 5.22. The lowest BCUT2D eigenvalue weighted by Crippen LogP contribution is -2.34. The second-order valence-electron chi connectivity index (χ2n) is 3.99. The maximum Gasteiger partial charge on any atom is 0.287 e. The molecule has 2 atom stereocenters. The van der Waals surface area contributed by atoms with Crippen molar-refractivity contribution < 1.29 is 14.8 Å². The molecule has 0 aliphatic carbocycles. The molecular formula is C10H15N3O4. The van der Waals surface area contributed by atoms with Crippen LogP contribution < -0.4 is 5.32 Å². The molecule has 0 bridgehead atoms. The van der Waals surface area contributed by atoms with Crippen molar-refractivity contribution in [2.24, 2.45) is 0 Å². The number of aliphatic hydroxyl groups is 1. The summed E-state index contributed by atoms with van der Waals surface area (Å²) in [5.74, 6) is -0.425. The third kappa shape index (κ3) is 3.87. The Kier molecular flexibility index (Phi) is 4.22. The summed E-state index contributed by atoms with van der Waals surface area (Å²) in [7, 11) is 0. The molecule has 0 aromatic carbocycles. The first kappa shape index (κ1) is 13.2. The quantitative estimate of drug-likeness (QED) is 0.523. The van der Waals surface area contributed by atoms with E-state index >= 15 is 0 Å². The highest BCUT2D eigenvalue weighted by molar-refractivity contribution is 5.93. The normalized spacial score (nSPS) is 14.1. The predicted molar refractivity (Wildman–Crippen MR) is 60.7 cm³/mol. The summed E-state index contributed by atoms with van der Waals surface area (Å²) in [6, 6.07) is 0.967. The van der Waals surface area contributed by atoms with Crippen molar-refractivity contribution >= 4 is 11.6 Å². The topological polar surface area (TPSA) is 108 Å². The molecule has 0 radical (unpaired) electrons. The van der Waals surface area contributed by atoms with E-state index in [1.165, 1.54) is 6.07 Å². The van der Waals surface area contributed by atoms with Crippen LogP contribution in [0.4, 0.5) is 5.69 Å². The average Bonchev–Trinajstić information content (AvgIpc) is 2.64. The largest absolute Gasteiger partial charge is 0.393 e.